The second-order valence-electron chi connectivity index (χ2n) is 4.92. The van der Waals surface area contributed by atoms with Crippen LogP contribution in [-0.2, 0) is 5.88 Å². The number of methoxy groups -OCH3 is 1. The number of ether oxygens (including phenoxy) is 1. The van der Waals surface area contributed by atoms with E-state index in [0.717, 1.165) is 16.8 Å². The van der Waals surface area contributed by atoms with Crippen LogP contribution in [0.3, 0.4) is 0 Å². The van der Waals surface area contributed by atoms with Crippen molar-refractivity contribution >= 4 is 22.5 Å². The fourth-order valence-electron chi connectivity index (χ4n) is 2.51. The number of alkyl halides is 1. The Balaban J connectivity index is 2.36. The summed E-state index contributed by atoms with van der Waals surface area (Å²) < 4.78 is 10.6. The summed E-state index contributed by atoms with van der Waals surface area (Å²) in [6.07, 6.45) is 0. The monoisotopic (exact) mass is 319 g/mol. The number of aryl methyl sites for hydroxylation is 2. The first-order valence-electron chi connectivity index (χ1n) is 6.65. The minimum atomic E-state index is -0.240. The topological polar surface area (TPSA) is 81.0 Å². The molecule has 0 unspecified atom stereocenters. The van der Waals surface area contributed by atoms with Gasteiger partial charge in [-0.15, -0.1) is 11.6 Å². The van der Waals surface area contributed by atoms with Crippen molar-refractivity contribution in [3.8, 4) is 16.9 Å². The molecule has 0 aliphatic carbocycles. The summed E-state index contributed by atoms with van der Waals surface area (Å²) in [4.78, 5) is 19.2. The van der Waals surface area contributed by atoms with Crippen LogP contribution < -0.4 is 10.3 Å². The number of hydrogen-bond acceptors (Lipinski definition) is 5. The fraction of sp³-hybridized carbons (Fsp3) is 0.267. The van der Waals surface area contributed by atoms with Gasteiger partial charge in [0, 0.05) is 11.6 Å². The van der Waals surface area contributed by atoms with Gasteiger partial charge in [-0.3, -0.25) is 4.79 Å². The van der Waals surface area contributed by atoms with Crippen molar-refractivity contribution in [1.82, 2.24) is 15.1 Å². The predicted octanol–water partition coefficient (Wildman–Crippen LogP) is 2.94. The van der Waals surface area contributed by atoms with E-state index in [2.05, 4.69) is 15.1 Å². The molecule has 0 saturated carbocycles. The molecule has 0 aliphatic rings. The Hall–Kier alpha value is -2.34. The van der Waals surface area contributed by atoms with Crippen LogP contribution in [0.5, 0.6) is 5.75 Å². The molecule has 0 radical (unpaired) electrons. The molecule has 0 saturated heterocycles. The minimum absolute atomic E-state index is 0.138. The van der Waals surface area contributed by atoms with Gasteiger partial charge in [-0.25, -0.2) is 4.98 Å². The molecule has 0 fully saturated rings. The van der Waals surface area contributed by atoms with Gasteiger partial charge < -0.3 is 14.2 Å². The Morgan fingerprint density at radius 1 is 1.36 bits per heavy atom. The average molecular weight is 320 g/mol. The lowest BCUT2D eigenvalue weighted by Gasteiger charge is -2.10. The van der Waals surface area contributed by atoms with Gasteiger partial charge >= 0.3 is 0 Å². The average Bonchev–Trinajstić information content (AvgIpc) is 2.85. The molecule has 7 heteroatoms. The van der Waals surface area contributed by atoms with Gasteiger partial charge in [0.2, 0.25) is 0 Å². The second kappa shape index (κ2) is 5.46. The first-order valence-corrected chi connectivity index (χ1v) is 7.18. The number of rotatable bonds is 3. The zero-order valence-electron chi connectivity index (χ0n) is 12.4. The highest BCUT2D eigenvalue weighted by Gasteiger charge is 2.18. The molecule has 3 rings (SSSR count). The van der Waals surface area contributed by atoms with Crippen molar-refractivity contribution in [2.24, 2.45) is 0 Å². The zero-order valence-corrected chi connectivity index (χ0v) is 13.1. The van der Waals surface area contributed by atoms with E-state index in [4.69, 9.17) is 20.9 Å². The van der Waals surface area contributed by atoms with Crippen molar-refractivity contribution in [2.75, 3.05) is 7.11 Å². The Morgan fingerprint density at radius 2 is 2.14 bits per heavy atom. The lowest BCUT2D eigenvalue weighted by molar-refractivity contribution is 0.393. The fourth-order valence-corrected chi connectivity index (χ4v) is 2.64. The predicted molar refractivity (Wildman–Crippen MR) is 83.4 cm³/mol. The number of aromatic nitrogens is 3. The van der Waals surface area contributed by atoms with E-state index < -0.39 is 0 Å². The zero-order chi connectivity index (χ0) is 15.9. The van der Waals surface area contributed by atoms with Crippen LogP contribution in [0, 0.1) is 13.8 Å². The van der Waals surface area contributed by atoms with Crippen molar-refractivity contribution in [1.29, 1.82) is 0 Å². The molecule has 3 aromatic rings. The van der Waals surface area contributed by atoms with E-state index in [9.17, 15) is 4.79 Å². The van der Waals surface area contributed by atoms with E-state index in [0.29, 0.717) is 28.2 Å². The number of halogens is 1. The van der Waals surface area contributed by atoms with E-state index in [-0.39, 0.29) is 11.4 Å². The highest BCUT2D eigenvalue weighted by atomic mass is 35.5. The molecule has 1 aromatic carbocycles. The van der Waals surface area contributed by atoms with Crippen LogP contribution in [0.1, 0.15) is 17.3 Å². The summed E-state index contributed by atoms with van der Waals surface area (Å²) >= 11 is 5.74. The number of aromatic amines is 1. The van der Waals surface area contributed by atoms with Gasteiger partial charge in [-0.2, -0.15) is 0 Å². The highest BCUT2D eigenvalue weighted by Crippen LogP contribution is 2.36. The van der Waals surface area contributed by atoms with Gasteiger partial charge in [0.25, 0.3) is 5.56 Å². The molecule has 1 N–H and O–H groups in total. The number of benzene rings is 1. The van der Waals surface area contributed by atoms with Gasteiger partial charge in [-0.05, 0) is 19.9 Å². The molecule has 0 amide bonds. The number of hydrogen-bond donors (Lipinski definition) is 1. The van der Waals surface area contributed by atoms with Crippen LogP contribution in [0.4, 0.5) is 0 Å². The number of nitrogens with zero attached hydrogens (tertiary/aromatic N) is 2. The third-order valence-corrected chi connectivity index (χ3v) is 3.76. The van der Waals surface area contributed by atoms with Gasteiger partial charge in [0.05, 0.1) is 35.2 Å². The smallest absolute Gasteiger partial charge is 0.258 e. The molecule has 0 bridgehead atoms. The van der Waals surface area contributed by atoms with Crippen molar-refractivity contribution in [2.45, 2.75) is 19.7 Å². The maximum Gasteiger partial charge on any atom is 0.258 e. The summed E-state index contributed by atoms with van der Waals surface area (Å²) in [5.41, 5.74) is 2.59. The molecule has 114 valence electrons. The third kappa shape index (κ3) is 2.25. The molecule has 0 atom stereocenters. The summed E-state index contributed by atoms with van der Waals surface area (Å²) in [6, 6.07) is 3.46. The van der Waals surface area contributed by atoms with E-state index in [1.54, 1.807) is 19.2 Å². The van der Waals surface area contributed by atoms with Crippen LogP contribution in [0.15, 0.2) is 21.5 Å². The van der Waals surface area contributed by atoms with Crippen LogP contribution in [0.2, 0.25) is 0 Å². The van der Waals surface area contributed by atoms with Crippen molar-refractivity contribution in [3.63, 3.8) is 0 Å². The summed E-state index contributed by atoms with van der Waals surface area (Å²) in [7, 11) is 1.57. The maximum atomic E-state index is 12.2. The SMILES string of the molecule is COc1cc2nc(CCl)[nH]c(=O)c2cc1-c1c(C)noc1C. The van der Waals surface area contributed by atoms with Gasteiger partial charge in [0.15, 0.2) is 0 Å². The van der Waals surface area contributed by atoms with Crippen LogP contribution in [0.25, 0.3) is 22.0 Å². The molecule has 2 aromatic heterocycles. The van der Waals surface area contributed by atoms with E-state index in [1.807, 2.05) is 13.8 Å². The second-order valence-corrected chi connectivity index (χ2v) is 5.18. The molecular formula is C15H14ClN3O3. The highest BCUT2D eigenvalue weighted by molar-refractivity contribution is 6.16. The first-order chi connectivity index (χ1) is 10.5. The quantitative estimate of drug-likeness (QED) is 0.751. The number of nitrogens with one attached hydrogen (secondary N) is 1. The Morgan fingerprint density at radius 3 is 2.73 bits per heavy atom. The molecular weight excluding hydrogens is 306 g/mol. The number of H-pyrrole nitrogens is 1. The van der Waals surface area contributed by atoms with Crippen LogP contribution >= 0.6 is 11.6 Å². The summed E-state index contributed by atoms with van der Waals surface area (Å²) in [5, 5.41) is 4.41. The van der Waals surface area contributed by atoms with Crippen molar-refractivity contribution in [3.05, 3.63) is 39.8 Å². The molecule has 0 spiro atoms. The summed E-state index contributed by atoms with van der Waals surface area (Å²) in [5.74, 6) is 1.82. The largest absolute Gasteiger partial charge is 0.496 e. The number of fused-ring (bicyclic) bond motifs is 1. The van der Waals surface area contributed by atoms with Crippen LogP contribution in [-0.4, -0.2) is 22.2 Å². The molecule has 2 heterocycles. The van der Waals surface area contributed by atoms with Crippen molar-refractivity contribution < 1.29 is 9.26 Å². The van der Waals surface area contributed by atoms with Gasteiger partial charge in [-0.1, -0.05) is 5.16 Å². The molecule has 0 aliphatic heterocycles. The molecule has 6 nitrogen and oxygen atoms in total. The van der Waals surface area contributed by atoms with E-state index >= 15 is 0 Å². The standard InChI is InChI=1S/C15H14ClN3O3/c1-7-14(8(2)22-19-7)10-4-9-11(5-12(10)21-3)17-13(6-16)18-15(9)20/h4-5H,6H2,1-3H3,(H,17,18,20). The van der Waals surface area contributed by atoms with E-state index in [1.165, 1.54) is 0 Å². The minimum Gasteiger partial charge on any atom is -0.496 e. The Labute approximate surface area is 131 Å². The molecule has 22 heavy (non-hydrogen) atoms. The Kier molecular flexibility index (Phi) is 3.62. The summed E-state index contributed by atoms with van der Waals surface area (Å²) in [6.45, 7) is 3.66. The maximum absolute atomic E-state index is 12.2. The Bertz CT molecular complexity index is 895. The van der Waals surface area contributed by atoms with Gasteiger partial charge in [0.1, 0.15) is 17.3 Å². The lowest BCUT2D eigenvalue weighted by atomic mass is 10.0. The third-order valence-electron chi connectivity index (χ3n) is 3.50. The normalized spacial score (nSPS) is 11.1. The lowest BCUT2D eigenvalue weighted by Crippen LogP contribution is -2.11. The first kappa shape index (κ1) is 14.6.